The van der Waals surface area contributed by atoms with Gasteiger partial charge in [0.1, 0.15) is 11.9 Å². The number of fused-ring (bicyclic) bond motifs is 1. The zero-order chi connectivity index (χ0) is 14.8. The van der Waals surface area contributed by atoms with E-state index in [1.54, 1.807) is 11.0 Å². The lowest BCUT2D eigenvalue weighted by molar-refractivity contribution is -0.119. The van der Waals surface area contributed by atoms with Crippen molar-refractivity contribution in [2.24, 2.45) is 0 Å². The molecule has 0 radical (unpaired) electrons. The SMILES string of the molecule is N#Cc1cc(CN2C(=O)CCc3ccccc32)ccc1F. The summed E-state index contributed by atoms with van der Waals surface area (Å²) in [5.74, 6) is -0.483. The second kappa shape index (κ2) is 5.37. The lowest BCUT2D eigenvalue weighted by Gasteiger charge is -2.29. The molecule has 0 aliphatic carbocycles. The molecule has 0 unspecified atom stereocenters. The average Bonchev–Trinajstić information content (AvgIpc) is 2.52. The second-order valence-corrected chi connectivity index (χ2v) is 5.03. The van der Waals surface area contributed by atoms with Crippen molar-refractivity contribution in [1.29, 1.82) is 5.26 Å². The van der Waals surface area contributed by atoms with Gasteiger partial charge in [-0.05, 0) is 35.7 Å². The minimum Gasteiger partial charge on any atom is -0.308 e. The summed E-state index contributed by atoms with van der Waals surface area (Å²) in [4.78, 5) is 13.9. The van der Waals surface area contributed by atoms with Crippen LogP contribution < -0.4 is 4.90 Å². The number of hydrogen-bond acceptors (Lipinski definition) is 2. The van der Waals surface area contributed by atoms with E-state index in [0.717, 1.165) is 23.2 Å². The molecule has 0 bridgehead atoms. The normalized spacial score (nSPS) is 13.7. The fraction of sp³-hybridized carbons (Fsp3) is 0.176. The van der Waals surface area contributed by atoms with E-state index in [1.165, 1.54) is 12.1 Å². The maximum atomic E-state index is 13.4. The Morgan fingerprint density at radius 3 is 2.81 bits per heavy atom. The number of carbonyl (C=O) groups is 1. The van der Waals surface area contributed by atoms with Crippen molar-refractivity contribution < 1.29 is 9.18 Å². The zero-order valence-corrected chi connectivity index (χ0v) is 11.3. The molecule has 2 aromatic rings. The molecule has 1 aliphatic rings. The molecule has 3 rings (SSSR count). The smallest absolute Gasteiger partial charge is 0.227 e. The number of amides is 1. The summed E-state index contributed by atoms with van der Waals surface area (Å²) in [6.07, 6.45) is 1.22. The van der Waals surface area contributed by atoms with Crippen LogP contribution >= 0.6 is 0 Å². The van der Waals surface area contributed by atoms with Crippen molar-refractivity contribution in [2.75, 3.05) is 4.90 Å². The van der Waals surface area contributed by atoms with Crippen molar-refractivity contribution >= 4 is 11.6 Å². The number of nitriles is 1. The first-order chi connectivity index (χ1) is 10.2. The number of nitrogens with zero attached hydrogens (tertiary/aromatic N) is 2. The summed E-state index contributed by atoms with van der Waals surface area (Å²) in [5, 5.41) is 8.89. The molecular weight excluding hydrogens is 267 g/mol. The van der Waals surface area contributed by atoms with Crippen molar-refractivity contribution in [2.45, 2.75) is 19.4 Å². The van der Waals surface area contributed by atoms with Crippen molar-refractivity contribution in [3.8, 4) is 6.07 Å². The van der Waals surface area contributed by atoms with Gasteiger partial charge in [-0.15, -0.1) is 0 Å². The van der Waals surface area contributed by atoms with E-state index in [1.807, 2.05) is 30.3 Å². The number of anilines is 1. The number of para-hydroxylation sites is 1. The molecule has 2 aromatic carbocycles. The molecule has 0 aromatic heterocycles. The molecule has 0 saturated heterocycles. The summed E-state index contributed by atoms with van der Waals surface area (Å²) in [6, 6.07) is 14.0. The molecule has 0 spiro atoms. The number of aryl methyl sites for hydroxylation is 1. The van der Waals surface area contributed by atoms with Crippen molar-refractivity contribution in [3.63, 3.8) is 0 Å². The fourth-order valence-corrected chi connectivity index (χ4v) is 2.61. The van der Waals surface area contributed by atoms with E-state index in [9.17, 15) is 9.18 Å². The first-order valence-electron chi connectivity index (χ1n) is 6.76. The third-order valence-electron chi connectivity index (χ3n) is 3.68. The largest absolute Gasteiger partial charge is 0.308 e. The van der Waals surface area contributed by atoms with Gasteiger partial charge in [-0.2, -0.15) is 5.26 Å². The summed E-state index contributed by atoms with van der Waals surface area (Å²) in [6.45, 7) is 0.352. The number of carbonyl (C=O) groups excluding carboxylic acids is 1. The number of rotatable bonds is 2. The van der Waals surface area contributed by atoms with Crippen LogP contribution in [0, 0.1) is 17.1 Å². The standard InChI is InChI=1S/C17H13FN2O/c18-15-7-5-12(9-14(15)10-19)11-20-16-4-2-1-3-13(16)6-8-17(20)21/h1-5,7,9H,6,8,11H2. The van der Waals surface area contributed by atoms with Crippen LogP contribution in [0.1, 0.15) is 23.1 Å². The quantitative estimate of drug-likeness (QED) is 0.848. The first-order valence-corrected chi connectivity index (χ1v) is 6.76. The van der Waals surface area contributed by atoms with E-state index in [2.05, 4.69) is 0 Å². The predicted octanol–water partition coefficient (Wildman–Crippen LogP) is 3.18. The Labute approximate surface area is 122 Å². The van der Waals surface area contributed by atoms with Crippen LogP contribution in [0.5, 0.6) is 0 Å². The van der Waals surface area contributed by atoms with Gasteiger partial charge in [0.2, 0.25) is 5.91 Å². The molecule has 0 N–H and O–H groups in total. The molecular formula is C17H13FN2O. The molecule has 21 heavy (non-hydrogen) atoms. The van der Waals surface area contributed by atoms with Gasteiger partial charge < -0.3 is 4.90 Å². The molecule has 4 heteroatoms. The van der Waals surface area contributed by atoms with Crippen LogP contribution in [0.2, 0.25) is 0 Å². The Kier molecular flexibility index (Phi) is 3.41. The summed E-state index contributed by atoms with van der Waals surface area (Å²) in [5.41, 5.74) is 2.79. The van der Waals surface area contributed by atoms with Gasteiger partial charge in [-0.1, -0.05) is 24.3 Å². The Morgan fingerprint density at radius 1 is 1.19 bits per heavy atom. The maximum Gasteiger partial charge on any atom is 0.227 e. The number of benzene rings is 2. The minimum atomic E-state index is -0.536. The zero-order valence-electron chi connectivity index (χ0n) is 11.3. The van der Waals surface area contributed by atoms with Crippen molar-refractivity contribution in [3.05, 3.63) is 65.0 Å². The fourth-order valence-electron chi connectivity index (χ4n) is 2.61. The van der Waals surface area contributed by atoms with E-state index >= 15 is 0 Å². The molecule has 1 heterocycles. The second-order valence-electron chi connectivity index (χ2n) is 5.03. The van der Waals surface area contributed by atoms with Gasteiger partial charge in [-0.25, -0.2) is 4.39 Å². The molecule has 1 amide bonds. The maximum absolute atomic E-state index is 13.4. The predicted molar refractivity (Wildman–Crippen MR) is 77.1 cm³/mol. The average molecular weight is 280 g/mol. The highest BCUT2D eigenvalue weighted by molar-refractivity contribution is 5.96. The van der Waals surface area contributed by atoms with Gasteiger partial charge >= 0.3 is 0 Å². The van der Waals surface area contributed by atoms with Gasteiger partial charge in [0.15, 0.2) is 0 Å². The topological polar surface area (TPSA) is 44.1 Å². The highest BCUT2D eigenvalue weighted by Crippen LogP contribution is 2.29. The third-order valence-corrected chi connectivity index (χ3v) is 3.68. The summed E-state index contributed by atoms with van der Waals surface area (Å²) in [7, 11) is 0. The summed E-state index contributed by atoms with van der Waals surface area (Å²) < 4.78 is 13.4. The van der Waals surface area contributed by atoms with E-state index in [4.69, 9.17) is 5.26 Å². The van der Waals surface area contributed by atoms with Crippen LogP contribution in [0.3, 0.4) is 0 Å². The Balaban J connectivity index is 1.95. The molecule has 0 saturated carbocycles. The monoisotopic (exact) mass is 280 g/mol. The molecule has 104 valence electrons. The van der Waals surface area contributed by atoms with Gasteiger partial charge in [0, 0.05) is 12.1 Å². The molecule has 0 fully saturated rings. The Bertz CT molecular complexity index is 749. The Hall–Kier alpha value is -2.67. The lowest BCUT2D eigenvalue weighted by atomic mass is 10.0. The minimum absolute atomic E-state index is 0.00486. The van der Waals surface area contributed by atoms with Gasteiger partial charge in [0.05, 0.1) is 12.1 Å². The van der Waals surface area contributed by atoms with Crippen LogP contribution in [-0.2, 0) is 17.8 Å². The number of hydrogen-bond donors (Lipinski definition) is 0. The van der Waals surface area contributed by atoms with Crippen LogP contribution in [-0.4, -0.2) is 5.91 Å². The first kappa shape index (κ1) is 13.3. The van der Waals surface area contributed by atoms with Crippen LogP contribution in [0.15, 0.2) is 42.5 Å². The third kappa shape index (κ3) is 2.50. The Morgan fingerprint density at radius 2 is 2.00 bits per heavy atom. The van der Waals surface area contributed by atoms with E-state index in [0.29, 0.717) is 13.0 Å². The molecule has 1 aliphatic heterocycles. The van der Waals surface area contributed by atoms with Gasteiger partial charge in [0.25, 0.3) is 0 Å². The molecule has 3 nitrogen and oxygen atoms in total. The highest BCUT2D eigenvalue weighted by atomic mass is 19.1. The van der Waals surface area contributed by atoms with Crippen molar-refractivity contribution in [1.82, 2.24) is 0 Å². The number of halogens is 1. The van der Waals surface area contributed by atoms with E-state index < -0.39 is 5.82 Å². The van der Waals surface area contributed by atoms with Crippen LogP contribution in [0.25, 0.3) is 0 Å². The van der Waals surface area contributed by atoms with Crippen LogP contribution in [0.4, 0.5) is 10.1 Å². The highest BCUT2D eigenvalue weighted by Gasteiger charge is 2.23. The van der Waals surface area contributed by atoms with E-state index in [-0.39, 0.29) is 11.5 Å². The van der Waals surface area contributed by atoms with Gasteiger partial charge in [-0.3, -0.25) is 4.79 Å². The lowest BCUT2D eigenvalue weighted by Crippen LogP contribution is -2.34. The molecule has 0 atom stereocenters. The summed E-state index contributed by atoms with van der Waals surface area (Å²) >= 11 is 0.